The normalized spacial score (nSPS) is 14.0. The molecule has 20 nitrogen and oxygen atoms in total. The van der Waals surface area contributed by atoms with Gasteiger partial charge < -0.3 is 26.2 Å². The minimum atomic E-state index is -3.91. The van der Waals surface area contributed by atoms with Crippen molar-refractivity contribution in [2.45, 2.75) is 55.0 Å². The highest BCUT2D eigenvalue weighted by Crippen LogP contribution is 2.38. The first-order valence-corrected chi connectivity index (χ1v) is 30.5. The number of amides is 2. The Morgan fingerprint density at radius 1 is 0.575 bits per heavy atom. The first kappa shape index (κ1) is 60.8. The van der Waals surface area contributed by atoms with E-state index < -0.39 is 48.2 Å². The number of nitrogens with zero attached hydrogens (tertiary/aromatic N) is 9. The number of nitrogens with one attached hydrogen (secondary N) is 2. The molecular formula is C61H54Cl2F2N12O8S2. The van der Waals surface area contributed by atoms with Crippen molar-refractivity contribution in [2.75, 3.05) is 42.5 Å². The van der Waals surface area contributed by atoms with E-state index in [1.54, 1.807) is 89.8 Å². The highest BCUT2D eigenvalue weighted by Gasteiger charge is 2.30. The maximum atomic E-state index is 14.4. The summed E-state index contributed by atoms with van der Waals surface area (Å²) in [6.45, 7) is 1.48. The number of halogens is 4. The second-order valence-electron chi connectivity index (χ2n) is 20.2. The summed E-state index contributed by atoms with van der Waals surface area (Å²) in [6, 6.07) is 37.4. The number of nitrogen functional groups attached to an aromatic ring is 1. The Hall–Kier alpha value is -9.36. The Kier molecular flexibility index (Phi) is 17.7. The molecule has 2 saturated heterocycles. The van der Waals surface area contributed by atoms with Crippen LogP contribution in [0.15, 0.2) is 180 Å². The van der Waals surface area contributed by atoms with Crippen LogP contribution in [0, 0.1) is 21.7 Å². The molecule has 10 aromatic rings. The van der Waals surface area contributed by atoms with Gasteiger partial charge in [-0.25, -0.2) is 53.5 Å². The van der Waals surface area contributed by atoms with Crippen molar-refractivity contribution >= 4 is 100 Å². The molecule has 87 heavy (non-hydrogen) atoms. The number of carbonyl (C=O) groups excluding carboxylic acids is 2. The van der Waals surface area contributed by atoms with Gasteiger partial charge in [-0.3, -0.25) is 19.7 Å². The van der Waals surface area contributed by atoms with Crippen LogP contribution in [0.25, 0.3) is 44.3 Å². The van der Waals surface area contributed by atoms with Gasteiger partial charge in [-0.15, -0.1) is 0 Å². The third-order valence-corrected chi connectivity index (χ3v) is 18.7. The molecule has 6 heterocycles. The van der Waals surface area contributed by atoms with Crippen molar-refractivity contribution in [2.24, 2.45) is 0 Å². The number of aromatic nitrogens is 6. The lowest BCUT2D eigenvalue weighted by atomic mass is 10.0. The number of hydrogen-bond donors (Lipinski definition) is 3. The molecule has 12 rings (SSSR count). The third-order valence-electron chi connectivity index (χ3n) is 14.8. The predicted octanol–water partition coefficient (Wildman–Crippen LogP) is 11.8. The summed E-state index contributed by atoms with van der Waals surface area (Å²) in [7, 11) is -7.79. The molecular weight excluding hydrogens is 1200 g/mol. The van der Waals surface area contributed by atoms with E-state index in [2.05, 4.69) is 30.6 Å². The van der Waals surface area contributed by atoms with Crippen LogP contribution >= 0.6 is 23.2 Å². The SMILES string of the molecule is C.Nc1ccc(C(=O)N2CCC(Nc3ncc(Cl)c(-c4cn(S(=O)(=O)c5ccccc5)c5ccccc45)n3)CC2)c(F)c1.O=C(c1ccc([N+](=O)[O-])cc1F)N1CCC(Nc2ncc(Cl)c(-c3cn(S(=O)(=O)c4ccccc4)c4ccccc34)n2)CC1. The molecule has 2 amide bonds. The Morgan fingerprint density at radius 2 is 0.966 bits per heavy atom. The fourth-order valence-corrected chi connectivity index (χ4v) is 13.6. The van der Waals surface area contributed by atoms with Crippen molar-refractivity contribution in [3.63, 3.8) is 0 Å². The molecule has 4 N–H and O–H groups in total. The second kappa shape index (κ2) is 25.3. The molecule has 26 heteroatoms. The van der Waals surface area contributed by atoms with Crippen LogP contribution in [-0.2, 0) is 20.0 Å². The van der Waals surface area contributed by atoms with Crippen molar-refractivity contribution in [3.8, 4) is 22.5 Å². The topological polar surface area (TPSA) is 264 Å². The average Bonchev–Trinajstić information content (AvgIpc) is 1.72. The third kappa shape index (κ3) is 12.5. The van der Waals surface area contributed by atoms with E-state index in [9.17, 15) is 45.3 Å². The summed E-state index contributed by atoms with van der Waals surface area (Å²) in [5.41, 5.74) is 7.98. The summed E-state index contributed by atoms with van der Waals surface area (Å²) in [5.74, 6) is -1.89. The molecule has 4 aromatic heterocycles. The Morgan fingerprint density at radius 3 is 1.37 bits per heavy atom. The number of nitrogens with two attached hydrogens (primary N) is 1. The van der Waals surface area contributed by atoms with Crippen molar-refractivity contribution in [1.82, 2.24) is 37.7 Å². The van der Waals surface area contributed by atoms with Crippen molar-refractivity contribution in [1.29, 1.82) is 0 Å². The molecule has 0 saturated carbocycles. The molecule has 0 atom stereocenters. The Labute approximate surface area is 508 Å². The molecule has 6 aromatic carbocycles. The second-order valence-corrected chi connectivity index (χ2v) is 24.7. The van der Waals surface area contributed by atoms with Gasteiger partial charge in [0.2, 0.25) is 11.9 Å². The van der Waals surface area contributed by atoms with Gasteiger partial charge in [0.25, 0.3) is 37.5 Å². The summed E-state index contributed by atoms with van der Waals surface area (Å²) < 4.78 is 85.3. The standard InChI is InChI=1S/C30H24ClFN6O5S.C30H26ClFN6O3S.CH4/c31-25-17-33-30(34-19-12-14-36(15-13-19)29(39)23-11-10-20(38(40)41)16-26(23)32)35-28(25)24-18-37(27-9-5-4-8-22(24)27)44(42,43)21-6-2-1-3-7-21;31-25-17-34-30(35-20-12-14-37(15-13-20)29(39)23-11-10-19(33)16-26(23)32)36-28(25)24-18-38(27-9-5-4-8-22(24)27)42(40,41)21-6-2-1-3-7-21;/h1-11,16-19H,12-15H2,(H,33,34,35);1-11,16-18,20H,12-15,33H2,(H,34,35,36);1H4. The van der Waals surface area contributed by atoms with Gasteiger partial charge in [0.1, 0.15) is 11.6 Å². The molecule has 2 aliphatic rings. The largest absolute Gasteiger partial charge is 0.399 e. The summed E-state index contributed by atoms with van der Waals surface area (Å²) in [4.78, 5) is 57.3. The van der Waals surface area contributed by atoms with E-state index in [0.717, 1.165) is 24.3 Å². The van der Waals surface area contributed by atoms with E-state index in [-0.39, 0.29) is 68.0 Å². The number of piperidine rings is 2. The van der Waals surface area contributed by atoms with Gasteiger partial charge in [-0.2, -0.15) is 0 Å². The smallest absolute Gasteiger partial charge is 0.272 e. The van der Waals surface area contributed by atoms with E-state index in [0.29, 0.717) is 102 Å². The number of likely N-dealkylation sites (tertiary alicyclic amines) is 2. The van der Waals surface area contributed by atoms with Crippen LogP contribution in [0.5, 0.6) is 0 Å². The van der Waals surface area contributed by atoms with Crippen LogP contribution in [0.4, 0.5) is 32.1 Å². The minimum Gasteiger partial charge on any atom is -0.399 e. The molecule has 0 bridgehead atoms. The summed E-state index contributed by atoms with van der Waals surface area (Å²) in [6.07, 6.45) is 8.17. The van der Waals surface area contributed by atoms with Crippen LogP contribution in [-0.4, -0.2) is 110 Å². The van der Waals surface area contributed by atoms with Gasteiger partial charge in [0, 0.05) is 84.3 Å². The predicted molar refractivity (Wildman–Crippen MR) is 330 cm³/mol. The first-order valence-electron chi connectivity index (χ1n) is 26.8. The first-order chi connectivity index (χ1) is 41.3. The lowest BCUT2D eigenvalue weighted by Crippen LogP contribution is -2.42. The summed E-state index contributed by atoms with van der Waals surface area (Å²) >= 11 is 13.1. The van der Waals surface area contributed by atoms with Gasteiger partial charge >= 0.3 is 0 Å². The number of anilines is 3. The zero-order valence-electron chi connectivity index (χ0n) is 45.2. The van der Waals surface area contributed by atoms with Crippen molar-refractivity contribution in [3.05, 3.63) is 213 Å². The highest BCUT2D eigenvalue weighted by atomic mass is 35.5. The van der Waals surface area contributed by atoms with E-state index in [1.165, 1.54) is 61.9 Å². The van der Waals surface area contributed by atoms with E-state index in [4.69, 9.17) is 28.9 Å². The number of hydrogen-bond acceptors (Lipinski definition) is 15. The Bertz CT molecular complexity index is 4490. The zero-order chi connectivity index (χ0) is 60.4. The lowest BCUT2D eigenvalue weighted by molar-refractivity contribution is -0.385. The van der Waals surface area contributed by atoms with Crippen LogP contribution in [0.1, 0.15) is 53.8 Å². The van der Waals surface area contributed by atoms with Crippen LogP contribution in [0.2, 0.25) is 10.0 Å². The highest BCUT2D eigenvalue weighted by molar-refractivity contribution is 7.90. The fourth-order valence-electron chi connectivity index (χ4n) is 10.4. The summed E-state index contributed by atoms with van der Waals surface area (Å²) in [5, 5.41) is 19.3. The molecule has 0 unspecified atom stereocenters. The molecule has 446 valence electrons. The maximum Gasteiger partial charge on any atom is 0.272 e. The van der Waals surface area contributed by atoms with E-state index in [1.807, 2.05) is 12.1 Å². The molecule has 0 spiro atoms. The monoisotopic (exact) mass is 1250 g/mol. The lowest BCUT2D eigenvalue weighted by Gasteiger charge is -2.32. The average molecular weight is 1260 g/mol. The van der Waals surface area contributed by atoms with Gasteiger partial charge in [0.15, 0.2) is 0 Å². The van der Waals surface area contributed by atoms with Gasteiger partial charge in [-0.1, -0.05) is 103 Å². The van der Waals surface area contributed by atoms with Crippen LogP contribution < -0.4 is 16.4 Å². The molecule has 2 fully saturated rings. The van der Waals surface area contributed by atoms with Gasteiger partial charge in [0.05, 0.1) is 76.8 Å². The molecule has 0 radical (unpaired) electrons. The molecule has 0 aliphatic carbocycles. The minimum absolute atomic E-state index is 0. The van der Waals surface area contributed by atoms with Gasteiger partial charge in [-0.05, 0) is 86.3 Å². The Balaban J connectivity index is 0.000000191. The number of nitro groups is 1. The number of carbonyl (C=O) groups is 2. The zero-order valence-corrected chi connectivity index (χ0v) is 48.3. The van der Waals surface area contributed by atoms with Crippen molar-refractivity contribution < 1.29 is 40.1 Å². The number of para-hydroxylation sites is 2. The van der Waals surface area contributed by atoms with Crippen LogP contribution in [0.3, 0.4) is 0 Å². The number of fused-ring (bicyclic) bond motifs is 2. The molecule has 2 aliphatic heterocycles. The van der Waals surface area contributed by atoms with E-state index >= 15 is 0 Å². The number of benzene rings is 6. The number of nitro benzene ring substituents is 1. The quantitative estimate of drug-likeness (QED) is 0.0550. The maximum absolute atomic E-state index is 14.4. The number of rotatable bonds is 13. The number of non-ortho nitro benzene ring substituents is 1. The fraction of sp³-hybridized carbons (Fsp3) is 0.180.